The number of amides is 2. The third-order valence-electron chi connectivity index (χ3n) is 4.38. The van der Waals surface area contributed by atoms with Gasteiger partial charge in [0.15, 0.2) is 5.13 Å². The molecule has 2 N–H and O–H groups in total. The highest BCUT2D eigenvalue weighted by Gasteiger charge is 2.19. The van der Waals surface area contributed by atoms with E-state index in [2.05, 4.69) is 15.6 Å². The SMILES string of the molecule is CN(C)S(=O)(=O)c1cccc(C(=O)NCC(=O)Nc2ncc(Cc3ccc(Cl)cc3)s2)c1. The molecule has 1 aromatic heterocycles. The van der Waals surface area contributed by atoms with Gasteiger partial charge in [0.25, 0.3) is 5.91 Å². The third kappa shape index (κ3) is 6.13. The van der Waals surface area contributed by atoms with Gasteiger partial charge in [0.05, 0.1) is 11.4 Å². The number of nitrogens with zero attached hydrogens (tertiary/aromatic N) is 2. The molecule has 32 heavy (non-hydrogen) atoms. The van der Waals surface area contributed by atoms with Crippen molar-refractivity contribution in [3.8, 4) is 0 Å². The summed E-state index contributed by atoms with van der Waals surface area (Å²) in [4.78, 5) is 29.7. The molecule has 0 atom stereocenters. The third-order valence-corrected chi connectivity index (χ3v) is 7.35. The number of halogens is 1. The molecule has 1 heterocycles. The zero-order valence-electron chi connectivity index (χ0n) is 17.3. The first-order valence-electron chi connectivity index (χ1n) is 9.45. The van der Waals surface area contributed by atoms with Crippen LogP contribution in [-0.2, 0) is 21.2 Å². The van der Waals surface area contributed by atoms with Crippen LogP contribution in [0.1, 0.15) is 20.8 Å². The normalized spacial score (nSPS) is 11.4. The summed E-state index contributed by atoms with van der Waals surface area (Å²) in [7, 11) is -0.850. The van der Waals surface area contributed by atoms with Gasteiger partial charge in [-0.15, -0.1) is 11.3 Å². The molecule has 0 aliphatic rings. The van der Waals surface area contributed by atoms with Crippen LogP contribution in [-0.4, -0.2) is 50.2 Å². The van der Waals surface area contributed by atoms with E-state index in [0.717, 1.165) is 14.7 Å². The Labute approximate surface area is 195 Å². The van der Waals surface area contributed by atoms with E-state index < -0.39 is 21.8 Å². The van der Waals surface area contributed by atoms with E-state index in [1.807, 2.05) is 24.3 Å². The maximum absolute atomic E-state index is 12.4. The van der Waals surface area contributed by atoms with Gasteiger partial charge in [0.1, 0.15) is 0 Å². The van der Waals surface area contributed by atoms with Crippen LogP contribution in [0.4, 0.5) is 5.13 Å². The summed E-state index contributed by atoms with van der Waals surface area (Å²) in [6.07, 6.45) is 2.35. The van der Waals surface area contributed by atoms with E-state index in [9.17, 15) is 18.0 Å². The maximum atomic E-state index is 12.4. The molecule has 0 saturated carbocycles. The topological polar surface area (TPSA) is 108 Å². The second kappa shape index (κ2) is 10.2. The van der Waals surface area contributed by atoms with Gasteiger partial charge in [-0.3, -0.25) is 9.59 Å². The van der Waals surface area contributed by atoms with Crippen molar-refractivity contribution in [1.82, 2.24) is 14.6 Å². The second-order valence-corrected chi connectivity index (χ2v) is 10.7. The molecule has 11 heteroatoms. The molecule has 0 bridgehead atoms. The number of hydrogen-bond donors (Lipinski definition) is 2. The van der Waals surface area contributed by atoms with E-state index in [1.54, 1.807) is 6.20 Å². The number of carbonyl (C=O) groups is 2. The summed E-state index contributed by atoms with van der Waals surface area (Å²) < 4.78 is 25.5. The van der Waals surface area contributed by atoms with Crippen LogP contribution in [0.5, 0.6) is 0 Å². The van der Waals surface area contributed by atoms with Crippen molar-refractivity contribution < 1.29 is 18.0 Å². The van der Waals surface area contributed by atoms with Crippen LogP contribution in [0.3, 0.4) is 0 Å². The molecule has 3 rings (SSSR count). The lowest BCUT2D eigenvalue weighted by molar-refractivity contribution is -0.115. The average molecular weight is 493 g/mol. The molecule has 8 nitrogen and oxygen atoms in total. The van der Waals surface area contributed by atoms with Gasteiger partial charge in [-0.25, -0.2) is 17.7 Å². The maximum Gasteiger partial charge on any atom is 0.251 e. The van der Waals surface area contributed by atoms with E-state index in [-0.39, 0.29) is 17.0 Å². The number of thiazole rings is 1. The van der Waals surface area contributed by atoms with Gasteiger partial charge < -0.3 is 10.6 Å². The molecule has 3 aromatic rings. The van der Waals surface area contributed by atoms with Crippen molar-refractivity contribution in [2.75, 3.05) is 26.0 Å². The number of rotatable bonds is 8. The summed E-state index contributed by atoms with van der Waals surface area (Å²) >= 11 is 7.23. The van der Waals surface area contributed by atoms with Crippen LogP contribution in [0.15, 0.2) is 59.6 Å². The van der Waals surface area contributed by atoms with Crippen LogP contribution in [0.25, 0.3) is 0 Å². The number of hydrogen-bond acceptors (Lipinski definition) is 6. The predicted octanol–water partition coefficient (Wildman–Crippen LogP) is 3.01. The fourth-order valence-corrected chi connectivity index (χ4v) is 4.62. The summed E-state index contributed by atoms with van der Waals surface area (Å²) in [6, 6.07) is 13.1. The van der Waals surface area contributed by atoms with Crippen LogP contribution < -0.4 is 10.6 Å². The predicted molar refractivity (Wildman–Crippen MR) is 125 cm³/mol. The molecule has 0 aliphatic heterocycles. The zero-order chi connectivity index (χ0) is 23.3. The van der Waals surface area contributed by atoms with Crippen molar-refractivity contribution in [2.45, 2.75) is 11.3 Å². The Hall–Kier alpha value is -2.79. The number of nitrogens with one attached hydrogen (secondary N) is 2. The Balaban J connectivity index is 1.55. The molecule has 2 amide bonds. The number of benzene rings is 2. The first-order valence-corrected chi connectivity index (χ1v) is 12.1. The van der Waals surface area contributed by atoms with Crippen molar-refractivity contribution in [2.24, 2.45) is 0 Å². The highest BCUT2D eigenvalue weighted by Crippen LogP contribution is 2.22. The molecule has 0 aliphatic carbocycles. The van der Waals surface area contributed by atoms with Gasteiger partial charge in [0.2, 0.25) is 15.9 Å². The van der Waals surface area contributed by atoms with Gasteiger partial charge in [0, 0.05) is 42.2 Å². The largest absolute Gasteiger partial charge is 0.343 e. The lowest BCUT2D eigenvalue weighted by Gasteiger charge is -2.12. The van der Waals surface area contributed by atoms with Gasteiger partial charge >= 0.3 is 0 Å². The smallest absolute Gasteiger partial charge is 0.251 e. The minimum Gasteiger partial charge on any atom is -0.343 e. The standard InChI is InChI=1S/C21H21ClN4O4S2/c1-26(2)32(29,30)18-5-3-4-15(11-18)20(28)23-13-19(27)25-21-24-12-17(31-21)10-14-6-8-16(22)9-7-14/h3-9,11-12H,10,13H2,1-2H3,(H,23,28)(H,24,25,27). The fraction of sp³-hybridized carbons (Fsp3) is 0.190. The molecule has 168 valence electrons. The van der Waals surface area contributed by atoms with Gasteiger partial charge in [-0.1, -0.05) is 29.8 Å². The van der Waals surface area contributed by atoms with Crippen molar-refractivity contribution in [3.05, 3.63) is 75.8 Å². The minimum absolute atomic E-state index is 0.00407. The molecule has 0 saturated heterocycles. The Morgan fingerprint density at radius 2 is 1.84 bits per heavy atom. The molecular formula is C21H21ClN4O4S2. The summed E-state index contributed by atoms with van der Waals surface area (Å²) in [5.41, 5.74) is 1.21. The van der Waals surface area contributed by atoms with E-state index in [1.165, 1.54) is 49.7 Å². The highest BCUT2D eigenvalue weighted by molar-refractivity contribution is 7.89. The average Bonchev–Trinajstić information content (AvgIpc) is 3.20. The lowest BCUT2D eigenvalue weighted by atomic mass is 10.1. The molecular weight excluding hydrogens is 472 g/mol. The van der Waals surface area contributed by atoms with E-state index in [0.29, 0.717) is 16.6 Å². The lowest BCUT2D eigenvalue weighted by Crippen LogP contribution is -2.33. The van der Waals surface area contributed by atoms with E-state index >= 15 is 0 Å². The summed E-state index contributed by atoms with van der Waals surface area (Å²) in [6.45, 7) is -0.282. The zero-order valence-corrected chi connectivity index (χ0v) is 19.7. The first kappa shape index (κ1) is 23.9. The van der Waals surface area contributed by atoms with Crippen LogP contribution in [0.2, 0.25) is 5.02 Å². The van der Waals surface area contributed by atoms with E-state index in [4.69, 9.17) is 11.6 Å². The monoisotopic (exact) mass is 492 g/mol. The van der Waals surface area contributed by atoms with Gasteiger partial charge in [-0.2, -0.15) is 0 Å². The Morgan fingerprint density at radius 3 is 2.53 bits per heavy atom. The second-order valence-electron chi connectivity index (χ2n) is 6.98. The highest BCUT2D eigenvalue weighted by atomic mass is 35.5. The Morgan fingerprint density at radius 1 is 1.12 bits per heavy atom. The Bertz CT molecular complexity index is 1220. The number of carbonyl (C=O) groups excluding carboxylic acids is 2. The molecule has 0 unspecified atom stereocenters. The van der Waals surface area contributed by atoms with Gasteiger partial charge in [-0.05, 0) is 35.9 Å². The van der Waals surface area contributed by atoms with Crippen molar-refractivity contribution >= 4 is 49.9 Å². The van der Waals surface area contributed by atoms with Crippen molar-refractivity contribution in [1.29, 1.82) is 0 Å². The summed E-state index contributed by atoms with van der Waals surface area (Å²) in [5.74, 6) is -0.999. The van der Waals surface area contributed by atoms with Crippen LogP contribution >= 0.6 is 22.9 Å². The quantitative estimate of drug-likeness (QED) is 0.502. The minimum atomic E-state index is -3.67. The molecule has 0 fully saturated rings. The molecule has 0 spiro atoms. The molecule has 0 radical (unpaired) electrons. The van der Waals surface area contributed by atoms with Crippen LogP contribution in [0, 0.1) is 0 Å². The number of anilines is 1. The number of aromatic nitrogens is 1. The summed E-state index contributed by atoms with van der Waals surface area (Å²) in [5, 5.41) is 6.22. The van der Waals surface area contributed by atoms with Crippen molar-refractivity contribution in [3.63, 3.8) is 0 Å². The fourth-order valence-electron chi connectivity index (χ4n) is 2.69. The Kier molecular flexibility index (Phi) is 7.62. The first-order chi connectivity index (χ1) is 15.1. The molecule has 2 aromatic carbocycles. The number of sulfonamides is 1.